The van der Waals surface area contributed by atoms with E-state index in [0.717, 1.165) is 22.5 Å². The molecule has 2 aromatic carbocycles. The van der Waals surface area contributed by atoms with Gasteiger partial charge < -0.3 is 9.47 Å². The molecule has 150 valence electrons. The molecule has 3 aromatic rings. The number of amides is 1. The molecule has 0 atom stereocenters. The van der Waals surface area contributed by atoms with Gasteiger partial charge in [-0.15, -0.1) is 0 Å². The van der Waals surface area contributed by atoms with Crippen molar-refractivity contribution < 1.29 is 14.3 Å². The lowest BCUT2D eigenvalue weighted by Gasteiger charge is -2.19. The summed E-state index contributed by atoms with van der Waals surface area (Å²) >= 11 is 0. The van der Waals surface area contributed by atoms with E-state index in [-0.39, 0.29) is 5.91 Å². The number of aliphatic imine (C=N–C) groups is 1. The summed E-state index contributed by atoms with van der Waals surface area (Å²) in [5.74, 6) is 1.94. The Balaban J connectivity index is 1.56. The Morgan fingerprint density at radius 2 is 1.70 bits per heavy atom. The van der Waals surface area contributed by atoms with Crippen molar-refractivity contribution in [2.45, 2.75) is 20.4 Å². The average molecular weight is 400 g/mol. The molecule has 7 heteroatoms. The van der Waals surface area contributed by atoms with Gasteiger partial charge in [-0.25, -0.2) is 9.97 Å². The molecule has 2 aliphatic rings. The van der Waals surface area contributed by atoms with E-state index >= 15 is 0 Å². The lowest BCUT2D eigenvalue weighted by atomic mass is 10.1. The van der Waals surface area contributed by atoms with Gasteiger partial charge in [0.1, 0.15) is 19.0 Å². The molecular formula is C23H20N4O3. The highest BCUT2D eigenvalue weighted by atomic mass is 16.6. The molecule has 0 radical (unpaired) electrons. The van der Waals surface area contributed by atoms with Crippen molar-refractivity contribution in [1.82, 2.24) is 9.97 Å². The van der Waals surface area contributed by atoms with E-state index in [1.54, 1.807) is 18.2 Å². The summed E-state index contributed by atoms with van der Waals surface area (Å²) in [4.78, 5) is 28.6. The van der Waals surface area contributed by atoms with E-state index in [9.17, 15) is 4.79 Å². The van der Waals surface area contributed by atoms with Gasteiger partial charge in [0.25, 0.3) is 5.91 Å². The molecule has 0 aliphatic carbocycles. The van der Waals surface area contributed by atoms with Crippen molar-refractivity contribution in [3.05, 3.63) is 76.6 Å². The number of benzene rings is 2. The van der Waals surface area contributed by atoms with Gasteiger partial charge >= 0.3 is 0 Å². The average Bonchev–Trinajstić information content (AvgIpc) is 3.11. The fraction of sp³-hybridized carbons (Fsp3) is 0.217. The van der Waals surface area contributed by atoms with Crippen LogP contribution in [0.4, 0.5) is 5.95 Å². The van der Waals surface area contributed by atoms with Crippen molar-refractivity contribution in [3.63, 3.8) is 0 Å². The first-order valence-electron chi connectivity index (χ1n) is 9.79. The second-order valence-corrected chi connectivity index (χ2v) is 7.29. The zero-order valence-corrected chi connectivity index (χ0v) is 16.8. The Hall–Kier alpha value is -3.74. The maximum atomic E-state index is 13.1. The highest BCUT2D eigenvalue weighted by Gasteiger charge is 2.29. The molecule has 2 aliphatic heterocycles. The topological polar surface area (TPSA) is 76.9 Å². The summed E-state index contributed by atoms with van der Waals surface area (Å²) in [5, 5.41) is 0. The van der Waals surface area contributed by atoms with Crippen molar-refractivity contribution in [1.29, 1.82) is 0 Å². The number of anilines is 1. The molecule has 5 rings (SSSR count). The lowest BCUT2D eigenvalue weighted by Crippen LogP contribution is -2.27. The zero-order valence-electron chi connectivity index (χ0n) is 16.8. The summed E-state index contributed by atoms with van der Waals surface area (Å²) in [7, 11) is 0. The van der Waals surface area contributed by atoms with Gasteiger partial charge in [-0.05, 0) is 43.7 Å². The van der Waals surface area contributed by atoms with Crippen LogP contribution < -0.4 is 14.4 Å². The van der Waals surface area contributed by atoms with Crippen LogP contribution in [-0.4, -0.2) is 34.9 Å². The van der Waals surface area contributed by atoms with E-state index in [1.807, 2.05) is 49.1 Å². The lowest BCUT2D eigenvalue weighted by molar-refractivity contribution is 0.100. The molecule has 0 bridgehead atoms. The van der Waals surface area contributed by atoms with Gasteiger partial charge in [0.2, 0.25) is 5.95 Å². The summed E-state index contributed by atoms with van der Waals surface area (Å²) in [5.41, 5.74) is 4.16. The molecule has 30 heavy (non-hydrogen) atoms. The fourth-order valence-corrected chi connectivity index (χ4v) is 3.72. The van der Waals surface area contributed by atoms with Crippen LogP contribution in [0, 0.1) is 13.8 Å². The third-order valence-electron chi connectivity index (χ3n) is 5.05. The minimum absolute atomic E-state index is 0.354. The van der Waals surface area contributed by atoms with Crippen molar-refractivity contribution >= 4 is 17.7 Å². The largest absolute Gasteiger partial charge is 0.486 e. The number of ether oxygens (including phenoxy) is 2. The van der Waals surface area contributed by atoms with Crippen LogP contribution in [0.3, 0.4) is 0 Å². The van der Waals surface area contributed by atoms with Crippen molar-refractivity contribution in [2.75, 3.05) is 18.1 Å². The third kappa shape index (κ3) is 3.28. The quantitative estimate of drug-likeness (QED) is 0.656. The monoisotopic (exact) mass is 400 g/mol. The molecule has 0 spiro atoms. The SMILES string of the molecule is Cc1cc(C)nc(N2Cc3ccccc3C2=NC(=O)c2ccc3c(c2)OCCO3)n1. The maximum Gasteiger partial charge on any atom is 0.279 e. The standard InChI is InChI=1S/C23H20N4O3/c1-14-11-15(2)25-23(24-14)27-13-17-5-3-4-6-18(17)21(27)26-22(28)16-7-8-19-20(12-16)30-10-9-29-19/h3-8,11-12H,9-10,13H2,1-2H3. The van der Waals surface area contributed by atoms with E-state index in [1.165, 1.54) is 0 Å². The first-order chi connectivity index (χ1) is 14.6. The van der Waals surface area contributed by atoms with E-state index in [4.69, 9.17) is 9.47 Å². The summed E-state index contributed by atoms with van der Waals surface area (Å²) in [6, 6.07) is 15.0. The highest BCUT2D eigenvalue weighted by molar-refractivity contribution is 6.18. The number of nitrogens with zero attached hydrogens (tertiary/aromatic N) is 4. The summed E-state index contributed by atoms with van der Waals surface area (Å²) in [6.45, 7) is 5.39. The normalized spacial score (nSPS) is 15.9. The Morgan fingerprint density at radius 3 is 2.50 bits per heavy atom. The first kappa shape index (κ1) is 18.3. The second kappa shape index (κ2) is 7.26. The van der Waals surface area contributed by atoms with Crippen LogP contribution in [0.2, 0.25) is 0 Å². The molecule has 0 fully saturated rings. The van der Waals surface area contributed by atoms with Gasteiger partial charge in [-0.1, -0.05) is 24.3 Å². The van der Waals surface area contributed by atoms with Gasteiger partial charge in [0, 0.05) is 22.5 Å². The number of hydrogen-bond donors (Lipinski definition) is 0. The van der Waals surface area contributed by atoms with E-state index in [2.05, 4.69) is 15.0 Å². The molecule has 0 N–H and O–H groups in total. The molecule has 1 aromatic heterocycles. The zero-order chi connectivity index (χ0) is 20.7. The van der Waals surface area contributed by atoms with Gasteiger partial charge in [0.15, 0.2) is 11.5 Å². The van der Waals surface area contributed by atoms with Crippen molar-refractivity contribution in [3.8, 4) is 11.5 Å². The molecule has 1 amide bonds. The smallest absolute Gasteiger partial charge is 0.279 e. The Morgan fingerprint density at radius 1 is 0.967 bits per heavy atom. The van der Waals surface area contributed by atoms with Gasteiger partial charge in [-0.3, -0.25) is 9.69 Å². The fourth-order valence-electron chi connectivity index (χ4n) is 3.72. The number of hydrogen-bond acceptors (Lipinski definition) is 5. The molecule has 0 saturated carbocycles. The number of amidine groups is 1. The van der Waals surface area contributed by atoms with E-state index < -0.39 is 0 Å². The van der Waals surface area contributed by atoms with Crippen LogP contribution in [-0.2, 0) is 6.54 Å². The van der Waals surface area contributed by atoms with Gasteiger partial charge in [0.05, 0.1) is 6.54 Å². The number of carbonyl (C=O) groups is 1. The van der Waals surface area contributed by atoms with Crippen LogP contribution >= 0.6 is 0 Å². The summed E-state index contributed by atoms with van der Waals surface area (Å²) < 4.78 is 11.1. The van der Waals surface area contributed by atoms with Crippen LogP contribution in [0.15, 0.2) is 53.5 Å². The highest BCUT2D eigenvalue weighted by Crippen LogP contribution is 2.32. The number of fused-ring (bicyclic) bond motifs is 2. The Labute approximate surface area is 174 Å². The van der Waals surface area contributed by atoms with E-state index in [0.29, 0.717) is 48.6 Å². The minimum atomic E-state index is -0.354. The number of aryl methyl sites for hydroxylation is 2. The Kier molecular flexibility index (Phi) is 4.43. The number of carbonyl (C=O) groups excluding carboxylic acids is 1. The predicted molar refractivity (Wildman–Crippen MR) is 112 cm³/mol. The molecule has 3 heterocycles. The van der Waals surface area contributed by atoms with Crippen molar-refractivity contribution in [2.24, 2.45) is 4.99 Å². The molecule has 7 nitrogen and oxygen atoms in total. The Bertz CT molecular complexity index is 1170. The summed E-state index contributed by atoms with van der Waals surface area (Å²) in [6.07, 6.45) is 0. The number of rotatable bonds is 2. The molecule has 0 saturated heterocycles. The first-order valence-corrected chi connectivity index (χ1v) is 9.79. The number of aromatic nitrogens is 2. The van der Waals surface area contributed by atoms with Crippen LogP contribution in [0.5, 0.6) is 11.5 Å². The molecule has 0 unspecified atom stereocenters. The maximum absolute atomic E-state index is 13.1. The third-order valence-corrected chi connectivity index (χ3v) is 5.05. The van der Waals surface area contributed by atoms with Gasteiger partial charge in [-0.2, -0.15) is 4.99 Å². The van der Waals surface area contributed by atoms with Crippen LogP contribution in [0.1, 0.15) is 32.9 Å². The predicted octanol–water partition coefficient (Wildman–Crippen LogP) is 3.47. The molecular weight excluding hydrogens is 380 g/mol. The minimum Gasteiger partial charge on any atom is -0.486 e. The van der Waals surface area contributed by atoms with Crippen LogP contribution in [0.25, 0.3) is 0 Å². The second-order valence-electron chi connectivity index (χ2n) is 7.29.